The van der Waals surface area contributed by atoms with Crippen molar-refractivity contribution in [2.24, 2.45) is 17.6 Å². The first-order chi connectivity index (χ1) is 26.7. The van der Waals surface area contributed by atoms with E-state index in [1.165, 1.54) is 30.5 Å². The minimum atomic E-state index is -5.10. The number of ketones is 1. The number of fused-ring (bicyclic) bond motifs is 2. The number of hydrogen-bond acceptors (Lipinski definition) is 14. The highest BCUT2D eigenvalue weighted by Crippen LogP contribution is 2.24. The predicted molar refractivity (Wildman–Crippen MR) is 207 cm³/mol. The highest BCUT2D eigenvalue weighted by Gasteiger charge is 2.36. The van der Waals surface area contributed by atoms with Crippen LogP contribution in [0.4, 0.5) is 0 Å². The maximum atomic E-state index is 13.9. The number of hydrogen-bond donors (Lipinski definition) is 8. The van der Waals surface area contributed by atoms with Crippen molar-refractivity contribution in [3.05, 3.63) is 52.0 Å². The molecule has 0 spiro atoms. The molecule has 0 radical (unpaired) electrons. The number of carbonyl (C=O) groups is 7. The van der Waals surface area contributed by atoms with Gasteiger partial charge in [-0.25, -0.2) is 13.4 Å². The fraction of sp³-hybridized carbons (Fsp3) is 0.500. The molecule has 9 N–H and O–H groups in total. The zero-order valence-corrected chi connectivity index (χ0v) is 33.7. The second-order valence-electron chi connectivity index (χ2n) is 14.1. The second kappa shape index (κ2) is 20.8. The number of thiazole rings is 1. The Bertz CT molecular complexity index is 1930. The number of Topliss-reactive ketones (excluding diaryl/α,β-unsaturated/α-hetero) is 1. The van der Waals surface area contributed by atoms with Crippen LogP contribution in [0.1, 0.15) is 69.8 Å². The van der Waals surface area contributed by atoms with Gasteiger partial charge in [0.2, 0.25) is 35.3 Å². The zero-order valence-electron chi connectivity index (χ0n) is 32.1. The van der Waals surface area contributed by atoms with Crippen molar-refractivity contribution in [3.63, 3.8) is 0 Å². The van der Waals surface area contributed by atoms with Gasteiger partial charge in [0.1, 0.15) is 28.9 Å². The number of phenols is 1. The number of rotatable bonds is 10. The van der Waals surface area contributed by atoms with E-state index < -0.39 is 106 Å². The van der Waals surface area contributed by atoms with E-state index in [0.717, 1.165) is 17.4 Å². The normalized spacial score (nSPS) is 23.7. The van der Waals surface area contributed by atoms with E-state index in [-0.39, 0.29) is 30.2 Å². The molecule has 21 heteroatoms. The lowest BCUT2D eigenvalue weighted by Gasteiger charge is -2.28. The molecule has 2 heterocycles. The van der Waals surface area contributed by atoms with Crippen LogP contribution < -0.4 is 37.6 Å². The molecule has 7 atom stereocenters. The van der Waals surface area contributed by atoms with E-state index in [4.69, 9.17) is 5.73 Å². The summed E-state index contributed by atoms with van der Waals surface area (Å²) >= 11 is 1.07. The molecule has 1 aliphatic rings. The van der Waals surface area contributed by atoms with E-state index in [1.54, 1.807) is 39.8 Å². The number of nitrogens with one attached hydrogen (secondary N) is 6. The summed E-state index contributed by atoms with van der Waals surface area (Å²) < 4.78 is 35.2. The summed E-state index contributed by atoms with van der Waals surface area (Å²) in [4.78, 5) is 98.4. The van der Waals surface area contributed by atoms with E-state index in [0.29, 0.717) is 17.0 Å². The summed E-state index contributed by atoms with van der Waals surface area (Å²) in [6.07, 6.45) is 2.62. The van der Waals surface area contributed by atoms with Gasteiger partial charge in [-0.1, -0.05) is 46.2 Å². The van der Waals surface area contributed by atoms with Gasteiger partial charge in [-0.15, -0.1) is 11.3 Å². The van der Waals surface area contributed by atoms with E-state index in [2.05, 4.69) is 36.9 Å². The third-order valence-corrected chi connectivity index (χ3v) is 10.5. The van der Waals surface area contributed by atoms with Gasteiger partial charge in [0.25, 0.3) is 5.91 Å². The molecule has 0 aliphatic carbocycles. The highest BCUT2D eigenvalue weighted by atomic mass is 32.2. The Kier molecular flexibility index (Phi) is 16.8. The van der Waals surface area contributed by atoms with Gasteiger partial charge in [-0.2, -0.15) is 0 Å². The monoisotopic (exact) mass is 833 g/mol. The Labute approximate surface area is 334 Å². The molecular formula is C36H49N8O11S2-. The van der Waals surface area contributed by atoms with Crippen molar-refractivity contribution >= 4 is 68.8 Å². The number of nitrogens with zero attached hydrogens (tertiary/aromatic N) is 1. The SMILES string of the molecule is CC[C@H](C)[C@@H]1NC(=O)[C@H](CC(C)C)NC(=O)[C@@H](NC(=O)[C@H](C)N)CNC(=O)[C@H](CS(=O)(=O)[O-])NC(=O)/C=C/c2csc(n2)[C@H](Cc2ccc(O)cc2)NC(=O)C1=O. The van der Waals surface area contributed by atoms with Crippen LogP contribution in [0.2, 0.25) is 0 Å². The lowest BCUT2D eigenvalue weighted by Crippen LogP contribution is -2.61. The molecule has 1 aromatic heterocycles. The number of carbonyl (C=O) groups excluding carboxylic acids is 7. The molecule has 57 heavy (non-hydrogen) atoms. The minimum absolute atomic E-state index is 0.00227. The molecule has 1 aliphatic heterocycles. The van der Waals surface area contributed by atoms with Crippen LogP contribution >= 0.6 is 11.3 Å². The molecule has 312 valence electrons. The summed E-state index contributed by atoms with van der Waals surface area (Å²) in [7, 11) is -5.10. The highest BCUT2D eigenvalue weighted by molar-refractivity contribution is 7.85. The second-order valence-corrected chi connectivity index (χ2v) is 16.5. The van der Waals surface area contributed by atoms with Gasteiger partial charge in [0, 0.05) is 18.0 Å². The smallest absolute Gasteiger partial charge is 0.290 e. The van der Waals surface area contributed by atoms with Crippen LogP contribution in [0.25, 0.3) is 6.08 Å². The maximum absolute atomic E-state index is 13.9. The number of benzene rings is 1. The molecule has 0 saturated carbocycles. The van der Waals surface area contributed by atoms with Gasteiger partial charge in [-0.3, -0.25) is 33.6 Å². The molecule has 2 bridgehead atoms. The molecule has 19 nitrogen and oxygen atoms in total. The summed E-state index contributed by atoms with van der Waals surface area (Å²) in [6.45, 7) is 7.54. The van der Waals surface area contributed by atoms with Crippen LogP contribution in [0.15, 0.2) is 35.7 Å². The minimum Gasteiger partial charge on any atom is -0.748 e. The Hall–Kier alpha value is -5.25. The Morgan fingerprint density at radius 2 is 1.61 bits per heavy atom. The summed E-state index contributed by atoms with van der Waals surface area (Å²) in [5.74, 6) is -9.02. The molecule has 3 rings (SSSR count). The largest absolute Gasteiger partial charge is 0.748 e. The quantitative estimate of drug-likeness (QED) is 0.104. The molecular weight excluding hydrogens is 785 g/mol. The molecule has 0 fully saturated rings. The number of phenolic OH excluding ortho intramolecular Hbond substituents is 1. The predicted octanol–water partition coefficient (Wildman–Crippen LogP) is -1.12. The van der Waals surface area contributed by atoms with Crippen molar-refractivity contribution in [2.45, 2.75) is 90.1 Å². The number of nitrogens with two attached hydrogens (primary N) is 1. The molecule has 2 aromatic rings. The van der Waals surface area contributed by atoms with Gasteiger partial charge in [0.05, 0.1) is 39.7 Å². The van der Waals surface area contributed by atoms with E-state index in [1.807, 2.05) is 0 Å². The van der Waals surface area contributed by atoms with Crippen LogP contribution in [-0.2, 0) is 50.1 Å². The van der Waals surface area contributed by atoms with Crippen molar-refractivity contribution in [2.75, 3.05) is 12.3 Å². The van der Waals surface area contributed by atoms with Crippen molar-refractivity contribution in [3.8, 4) is 5.75 Å². The molecule has 6 amide bonds. The molecule has 1 aromatic carbocycles. The van der Waals surface area contributed by atoms with Gasteiger partial charge < -0.3 is 47.3 Å². The first-order valence-electron chi connectivity index (χ1n) is 18.1. The van der Waals surface area contributed by atoms with Crippen molar-refractivity contribution < 1.29 is 51.6 Å². The Morgan fingerprint density at radius 3 is 2.21 bits per heavy atom. The Morgan fingerprint density at radius 1 is 0.947 bits per heavy atom. The van der Waals surface area contributed by atoms with Gasteiger partial charge >= 0.3 is 0 Å². The van der Waals surface area contributed by atoms with Gasteiger partial charge in [0.15, 0.2) is 0 Å². The van der Waals surface area contributed by atoms with E-state index >= 15 is 0 Å². The maximum Gasteiger partial charge on any atom is 0.290 e. The van der Waals surface area contributed by atoms with Crippen molar-refractivity contribution in [1.82, 2.24) is 36.9 Å². The number of amides is 6. The number of aromatic hydroxyl groups is 1. The fourth-order valence-corrected chi connectivity index (χ4v) is 6.99. The third kappa shape index (κ3) is 14.6. The number of aromatic nitrogens is 1. The fourth-order valence-electron chi connectivity index (χ4n) is 5.51. The van der Waals surface area contributed by atoms with Gasteiger partial charge in [-0.05, 0) is 55.4 Å². The summed E-state index contributed by atoms with van der Waals surface area (Å²) in [6, 6.07) is -2.21. The summed E-state index contributed by atoms with van der Waals surface area (Å²) in [5.41, 5.74) is 6.52. The van der Waals surface area contributed by atoms with Crippen LogP contribution in [0.5, 0.6) is 5.75 Å². The Balaban J connectivity index is 2.13. The first kappa shape index (κ1) is 46.1. The summed E-state index contributed by atoms with van der Waals surface area (Å²) in [5, 5.41) is 26.2. The van der Waals surface area contributed by atoms with Crippen molar-refractivity contribution in [1.29, 1.82) is 0 Å². The average molecular weight is 834 g/mol. The topological polar surface area (TPSA) is 308 Å². The average Bonchev–Trinajstić information content (AvgIpc) is 3.61. The molecule has 0 saturated heterocycles. The lowest BCUT2D eigenvalue weighted by molar-refractivity contribution is -0.142. The standard InChI is InChI=1S/C36H50N8O11S2/c1-6-19(4)29-30(47)35(52)42-25(14-21-7-10-23(45)11-8-21)36-39-22(16-56-36)9-12-28(46)40-27(17-57(53,54)55)32(49)38-15-26(43-31(48)20(5)37)34(51)41-24(13-18(2)3)33(50)44-29/h7-12,16,18-20,24-27,29,45H,6,13-15,17,37H2,1-5H3,(H,38,49)(H,40,46)(H,41,51)(H,42,52)(H,43,48)(H,44,50)(H,53,54,55)/p-1/b12-9+/t19-,20-,24-,25-,26-,27-,29-/m0/s1. The zero-order chi connectivity index (χ0) is 42.6. The van der Waals surface area contributed by atoms with Crippen LogP contribution in [0.3, 0.4) is 0 Å². The van der Waals surface area contributed by atoms with E-state index in [9.17, 15) is 51.6 Å². The third-order valence-electron chi connectivity index (χ3n) is 8.81. The molecule has 0 unspecified atom stereocenters. The lowest BCUT2D eigenvalue weighted by atomic mass is 9.93. The van der Waals surface area contributed by atoms with Crippen LogP contribution in [0, 0.1) is 11.8 Å². The first-order valence-corrected chi connectivity index (χ1v) is 20.6. The van der Waals surface area contributed by atoms with Crippen LogP contribution in [-0.4, -0.2) is 107 Å².